The number of benzene rings is 1. The highest BCUT2D eigenvalue weighted by atomic mass is 35.5. The van der Waals surface area contributed by atoms with Gasteiger partial charge in [-0.1, -0.05) is 12.1 Å². The summed E-state index contributed by atoms with van der Waals surface area (Å²) < 4.78 is 5.13. The van der Waals surface area contributed by atoms with Crippen molar-refractivity contribution in [3.63, 3.8) is 0 Å². The van der Waals surface area contributed by atoms with Crippen molar-refractivity contribution in [3.8, 4) is 5.75 Å². The van der Waals surface area contributed by atoms with Gasteiger partial charge in [0.15, 0.2) is 0 Å². The highest BCUT2D eigenvalue weighted by Gasteiger charge is 2.43. The second-order valence-corrected chi connectivity index (χ2v) is 6.34. The fourth-order valence-electron chi connectivity index (χ4n) is 2.96. The van der Waals surface area contributed by atoms with E-state index in [1.54, 1.807) is 25.9 Å². The first kappa shape index (κ1) is 16.1. The van der Waals surface area contributed by atoms with Crippen LogP contribution in [0.15, 0.2) is 24.3 Å². The van der Waals surface area contributed by atoms with Gasteiger partial charge in [0, 0.05) is 6.54 Å². The number of carbonyl (C=O) groups excluding carboxylic acids is 1. The van der Waals surface area contributed by atoms with E-state index in [1.807, 2.05) is 24.3 Å². The molecule has 1 aromatic carbocycles. The SMILES string of the molecule is COc1ccc(C(C)(O)C2CCCN2C(=O)C(C)Cl)cc1. The van der Waals surface area contributed by atoms with Gasteiger partial charge < -0.3 is 14.7 Å². The van der Waals surface area contributed by atoms with E-state index in [2.05, 4.69) is 0 Å². The number of likely N-dealkylation sites (tertiary alicyclic amines) is 1. The van der Waals surface area contributed by atoms with Crippen molar-refractivity contribution in [2.75, 3.05) is 13.7 Å². The van der Waals surface area contributed by atoms with E-state index in [0.717, 1.165) is 24.2 Å². The van der Waals surface area contributed by atoms with Gasteiger partial charge in [-0.05, 0) is 44.4 Å². The summed E-state index contributed by atoms with van der Waals surface area (Å²) in [5.74, 6) is 0.622. The van der Waals surface area contributed by atoms with Gasteiger partial charge in [-0.2, -0.15) is 0 Å². The van der Waals surface area contributed by atoms with Gasteiger partial charge in [0.1, 0.15) is 16.7 Å². The second-order valence-electron chi connectivity index (χ2n) is 5.68. The highest BCUT2D eigenvalue weighted by Crippen LogP contribution is 2.35. The maximum absolute atomic E-state index is 12.2. The van der Waals surface area contributed by atoms with Crippen LogP contribution < -0.4 is 4.74 Å². The van der Waals surface area contributed by atoms with Crippen LogP contribution in [0.25, 0.3) is 0 Å². The standard InChI is InChI=1S/C16H22ClNO3/c1-11(17)15(19)18-10-4-5-14(18)16(2,20)12-6-8-13(21-3)9-7-12/h6-9,11,14,20H,4-5,10H2,1-3H3. The minimum Gasteiger partial charge on any atom is -0.497 e. The first-order chi connectivity index (χ1) is 9.87. The van der Waals surface area contributed by atoms with Crippen LogP contribution in [0.1, 0.15) is 32.3 Å². The van der Waals surface area contributed by atoms with E-state index in [9.17, 15) is 9.90 Å². The first-order valence-electron chi connectivity index (χ1n) is 7.19. The van der Waals surface area contributed by atoms with E-state index in [4.69, 9.17) is 16.3 Å². The van der Waals surface area contributed by atoms with Crippen LogP contribution in [0.5, 0.6) is 5.75 Å². The van der Waals surface area contributed by atoms with Crippen molar-refractivity contribution >= 4 is 17.5 Å². The third-order valence-electron chi connectivity index (χ3n) is 4.20. The lowest BCUT2D eigenvalue weighted by molar-refractivity contribution is -0.137. The summed E-state index contributed by atoms with van der Waals surface area (Å²) in [7, 11) is 1.60. The fourth-order valence-corrected chi connectivity index (χ4v) is 3.09. The summed E-state index contributed by atoms with van der Waals surface area (Å²) >= 11 is 5.92. The van der Waals surface area contributed by atoms with Crippen molar-refractivity contribution in [3.05, 3.63) is 29.8 Å². The Morgan fingerprint density at radius 3 is 2.62 bits per heavy atom. The van der Waals surface area contributed by atoms with Crippen molar-refractivity contribution in [2.24, 2.45) is 0 Å². The third-order valence-corrected chi connectivity index (χ3v) is 4.39. The maximum atomic E-state index is 12.2. The molecule has 116 valence electrons. The zero-order valence-corrected chi connectivity index (χ0v) is 13.4. The molecule has 0 spiro atoms. The zero-order chi connectivity index (χ0) is 15.6. The van der Waals surface area contributed by atoms with Gasteiger partial charge in [-0.25, -0.2) is 0 Å². The van der Waals surface area contributed by atoms with Crippen LogP contribution >= 0.6 is 11.6 Å². The number of halogens is 1. The van der Waals surface area contributed by atoms with Crippen molar-refractivity contribution in [1.29, 1.82) is 0 Å². The molecular weight excluding hydrogens is 290 g/mol. The normalized spacial score (nSPS) is 22.7. The predicted octanol–water partition coefficient (Wildman–Crippen LogP) is 2.52. The molecule has 0 saturated carbocycles. The number of nitrogens with zero attached hydrogens (tertiary/aromatic N) is 1. The molecule has 21 heavy (non-hydrogen) atoms. The maximum Gasteiger partial charge on any atom is 0.240 e. The Morgan fingerprint density at radius 1 is 1.48 bits per heavy atom. The summed E-state index contributed by atoms with van der Waals surface area (Å²) in [5, 5.41) is 10.4. The van der Waals surface area contributed by atoms with Crippen LogP contribution in [0.3, 0.4) is 0 Å². The Balaban J connectivity index is 2.26. The van der Waals surface area contributed by atoms with E-state index >= 15 is 0 Å². The molecule has 0 aliphatic carbocycles. The third kappa shape index (κ3) is 3.16. The summed E-state index contributed by atoms with van der Waals surface area (Å²) in [6, 6.07) is 7.05. The smallest absolute Gasteiger partial charge is 0.240 e. The van der Waals surface area contributed by atoms with E-state index in [-0.39, 0.29) is 11.9 Å². The molecule has 2 rings (SSSR count). The molecule has 1 heterocycles. The first-order valence-corrected chi connectivity index (χ1v) is 7.63. The van der Waals surface area contributed by atoms with Gasteiger partial charge in [0.05, 0.1) is 13.2 Å². The number of ether oxygens (including phenoxy) is 1. The molecule has 1 aromatic rings. The molecule has 1 amide bonds. The zero-order valence-electron chi connectivity index (χ0n) is 12.7. The van der Waals surface area contributed by atoms with E-state index in [0.29, 0.717) is 6.54 Å². The van der Waals surface area contributed by atoms with E-state index in [1.165, 1.54) is 0 Å². The van der Waals surface area contributed by atoms with E-state index < -0.39 is 11.0 Å². The lowest BCUT2D eigenvalue weighted by Gasteiger charge is -2.37. The topological polar surface area (TPSA) is 49.8 Å². The number of hydrogen-bond acceptors (Lipinski definition) is 3. The Labute approximate surface area is 130 Å². The van der Waals surface area contributed by atoms with Crippen LogP contribution in [0, 0.1) is 0 Å². The molecule has 1 fully saturated rings. The molecule has 3 atom stereocenters. The second kappa shape index (κ2) is 6.24. The quantitative estimate of drug-likeness (QED) is 0.869. The number of hydrogen-bond donors (Lipinski definition) is 1. The molecule has 0 bridgehead atoms. The van der Waals surface area contributed by atoms with Gasteiger partial charge >= 0.3 is 0 Å². The van der Waals surface area contributed by atoms with Crippen LogP contribution in [0.2, 0.25) is 0 Å². The largest absolute Gasteiger partial charge is 0.497 e. The molecule has 1 N–H and O–H groups in total. The lowest BCUT2D eigenvalue weighted by Crippen LogP contribution is -2.49. The number of methoxy groups -OCH3 is 1. The molecule has 0 radical (unpaired) electrons. The predicted molar refractivity (Wildman–Crippen MR) is 82.6 cm³/mol. The molecule has 1 saturated heterocycles. The van der Waals surface area contributed by atoms with Crippen LogP contribution in [-0.2, 0) is 10.4 Å². The van der Waals surface area contributed by atoms with Crippen molar-refractivity contribution < 1.29 is 14.6 Å². The summed E-state index contributed by atoms with van der Waals surface area (Å²) in [6.07, 6.45) is 1.65. The number of alkyl halides is 1. The molecule has 1 aliphatic heterocycles. The monoisotopic (exact) mass is 311 g/mol. The Morgan fingerprint density at radius 2 is 2.10 bits per heavy atom. The fraction of sp³-hybridized carbons (Fsp3) is 0.562. The molecule has 5 heteroatoms. The molecule has 3 unspecified atom stereocenters. The Bertz CT molecular complexity index is 499. The number of amides is 1. The summed E-state index contributed by atoms with van der Waals surface area (Å²) in [5.41, 5.74) is -0.334. The number of rotatable bonds is 4. The molecule has 0 aromatic heterocycles. The Hall–Kier alpha value is -1.26. The van der Waals surface area contributed by atoms with Gasteiger partial charge in [-0.3, -0.25) is 4.79 Å². The average Bonchev–Trinajstić information content (AvgIpc) is 2.96. The average molecular weight is 312 g/mol. The van der Waals surface area contributed by atoms with Gasteiger partial charge in [-0.15, -0.1) is 11.6 Å². The minimum absolute atomic E-state index is 0.118. The molecular formula is C16H22ClNO3. The minimum atomic E-state index is -1.11. The summed E-state index contributed by atoms with van der Waals surface area (Å²) in [6.45, 7) is 4.07. The van der Waals surface area contributed by atoms with Crippen LogP contribution in [0.4, 0.5) is 0 Å². The van der Waals surface area contributed by atoms with Gasteiger partial charge in [0.2, 0.25) is 5.91 Å². The van der Waals surface area contributed by atoms with Crippen molar-refractivity contribution in [1.82, 2.24) is 4.90 Å². The summed E-state index contributed by atoms with van der Waals surface area (Å²) in [4.78, 5) is 13.9. The Kier molecular flexibility index (Phi) is 4.79. The van der Waals surface area contributed by atoms with Crippen LogP contribution in [-0.4, -0.2) is 41.0 Å². The highest BCUT2D eigenvalue weighted by molar-refractivity contribution is 6.30. The molecule has 1 aliphatic rings. The van der Waals surface area contributed by atoms with Crippen molar-refractivity contribution in [2.45, 2.75) is 43.7 Å². The molecule has 4 nitrogen and oxygen atoms in total. The number of carbonyl (C=O) groups is 1. The van der Waals surface area contributed by atoms with Gasteiger partial charge in [0.25, 0.3) is 0 Å². The number of aliphatic hydroxyl groups is 1. The lowest BCUT2D eigenvalue weighted by atomic mass is 9.86.